The fourth-order valence-corrected chi connectivity index (χ4v) is 2.86. The molecular weight excluding hydrogens is 372 g/mol. The monoisotopic (exact) mass is 395 g/mol. The summed E-state index contributed by atoms with van der Waals surface area (Å²) in [5.74, 6) is -2.06. The Morgan fingerprint density at radius 1 is 1.07 bits per heavy atom. The zero-order chi connectivity index (χ0) is 20.8. The zero-order valence-corrected chi connectivity index (χ0v) is 16.0. The minimum Gasteiger partial charge on any atom is -0.463 e. The number of esters is 3. The summed E-state index contributed by atoms with van der Waals surface area (Å²) in [6, 6.07) is 3.23. The lowest BCUT2D eigenvalue weighted by molar-refractivity contribution is -0.765. The number of pyridine rings is 1. The van der Waals surface area contributed by atoms with Crippen LogP contribution in [0.1, 0.15) is 37.4 Å². The molecule has 152 valence electrons. The molecule has 1 N–H and O–H groups in total. The largest absolute Gasteiger partial charge is 0.463 e. The molecule has 10 nitrogen and oxygen atoms in total. The molecule has 0 aromatic carbocycles. The van der Waals surface area contributed by atoms with Crippen LogP contribution >= 0.6 is 0 Å². The molecule has 2 rings (SSSR count). The number of carbonyl (C=O) groups excluding carboxylic acids is 4. The first-order valence-electron chi connectivity index (χ1n) is 8.59. The fraction of sp³-hybridized carbons (Fsp3) is 0.500. The molecule has 0 spiro atoms. The standard InChI is InChI=1S/C18H22N2O8/c1-10(21)25-9-14-15(26-11(2)22)16(27-12(3)23)18(28-14)20-7-5-6-13(8-20)17(24)19-4/h5-8,14-16,18H,9H2,1-4H3/p+1/t14-,15+,16-,18+/m0/s1. The van der Waals surface area contributed by atoms with E-state index in [9.17, 15) is 19.2 Å². The van der Waals surface area contributed by atoms with Crippen LogP contribution in [0.25, 0.3) is 0 Å². The molecule has 0 saturated carbocycles. The van der Waals surface area contributed by atoms with Gasteiger partial charge in [0.25, 0.3) is 5.91 Å². The molecule has 1 amide bonds. The number of rotatable bonds is 6. The number of hydrogen-bond acceptors (Lipinski definition) is 8. The average molecular weight is 395 g/mol. The summed E-state index contributed by atoms with van der Waals surface area (Å²) in [5.41, 5.74) is 0.350. The van der Waals surface area contributed by atoms with Crippen LogP contribution in [0.3, 0.4) is 0 Å². The van der Waals surface area contributed by atoms with Gasteiger partial charge in [0.05, 0.1) is 0 Å². The summed E-state index contributed by atoms with van der Waals surface area (Å²) < 4.78 is 23.1. The van der Waals surface area contributed by atoms with Crippen LogP contribution in [-0.4, -0.2) is 55.8 Å². The highest BCUT2D eigenvalue weighted by atomic mass is 16.7. The molecule has 10 heteroatoms. The maximum absolute atomic E-state index is 11.9. The van der Waals surface area contributed by atoms with Crippen LogP contribution < -0.4 is 9.88 Å². The summed E-state index contributed by atoms with van der Waals surface area (Å²) in [5, 5.41) is 2.51. The van der Waals surface area contributed by atoms with Gasteiger partial charge in [-0.05, 0) is 6.07 Å². The number of amides is 1. The number of ether oxygens (including phenoxy) is 4. The number of nitrogens with one attached hydrogen (secondary N) is 1. The molecule has 1 saturated heterocycles. The van der Waals surface area contributed by atoms with Gasteiger partial charge in [0.1, 0.15) is 18.3 Å². The third-order valence-electron chi connectivity index (χ3n) is 3.95. The predicted octanol–water partition coefficient (Wildman–Crippen LogP) is -0.342. The Morgan fingerprint density at radius 3 is 2.29 bits per heavy atom. The van der Waals surface area contributed by atoms with E-state index in [1.807, 2.05) is 0 Å². The van der Waals surface area contributed by atoms with E-state index in [1.54, 1.807) is 18.3 Å². The van der Waals surface area contributed by atoms with Gasteiger partial charge >= 0.3 is 24.1 Å². The summed E-state index contributed by atoms with van der Waals surface area (Å²) in [7, 11) is 1.50. The van der Waals surface area contributed by atoms with Crippen LogP contribution in [0.15, 0.2) is 24.5 Å². The summed E-state index contributed by atoms with van der Waals surface area (Å²) in [4.78, 5) is 46.3. The first-order chi connectivity index (χ1) is 13.2. The van der Waals surface area contributed by atoms with Gasteiger partial charge < -0.3 is 24.3 Å². The first-order valence-corrected chi connectivity index (χ1v) is 8.59. The summed E-state index contributed by atoms with van der Waals surface area (Å²) in [6.07, 6.45) is -0.642. The number of nitrogens with zero attached hydrogens (tertiary/aromatic N) is 1. The molecule has 0 unspecified atom stereocenters. The van der Waals surface area contributed by atoms with E-state index in [0.29, 0.717) is 5.56 Å². The molecule has 1 fully saturated rings. The van der Waals surface area contributed by atoms with Crippen LogP contribution in [0, 0.1) is 0 Å². The van der Waals surface area contributed by atoms with Gasteiger partial charge in [-0.3, -0.25) is 19.2 Å². The van der Waals surface area contributed by atoms with Crippen molar-refractivity contribution >= 4 is 23.8 Å². The topological polar surface area (TPSA) is 121 Å². The maximum atomic E-state index is 11.9. The minimum absolute atomic E-state index is 0.197. The lowest BCUT2D eigenvalue weighted by Gasteiger charge is -2.21. The SMILES string of the molecule is CNC(=O)c1ccc[n+]([C@@H]2O[C@@H](COC(C)=O)[C@@H](OC(C)=O)[C@@H]2OC(C)=O)c1. The normalized spacial score (nSPS) is 23.6. The third-order valence-corrected chi connectivity index (χ3v) is 3.95. The highest BCUT2D eigenvalue weighted by Gasteiger charge is 2.54. The van der Waals surface area contributed by atoms with Crippen molar-refractivity contribution in [3.63, 3.8) is 0 Å². The molecular formula is C18H23N2O8+. The number of aromatic nitrogens is 1. The second-order valence-electron chi connectivity index (χ2n) is 6.13. The first kappa shape index (κ1) is 21.3. The van der Waals surface area contributed by atoms with E-state index in [1.165, 1.54) is 38.6 Å². The Hall–Kier alpha value is -3.01. The van der Waals surface area contributed by atoms with Crippen molar-refractivity contribution in [1.82, 2.24) is 5.32 Å². The Kier molecular flexibility index (Phi) is 7.05. The van der Waals surface area contributed by atoms with Crippen molar-refractivity contribution in [3.05, 3.63) is 30.1 Å². The van der Waals surface area contributed by atoms with Gasteiger partial charge in [0.2, 0.25) is 6.10 Å². The molecule has 28 heavy (non-hydrogen) atoms. The Labute approximate surface area is 161 Å². The van der Waals surface area contributed by atoms with Crippen molar-refractivity contribution < 1.29 is 42.7 Å². The quantitative estimate of drug-likeness (QED) is 0.394. The Bertz CT molecular complexity index is 766. The second kappa shape index (κ2) is 9.27. The highest BCUT2D eigenvalue weighted by Crippen LogP contribution is 2.31. The van der Waals surface area contributed by atoms with E-state index in [2.05, 4.69) is 5.32 Å². The highest BCUT2D eigenvalue weighted by molar-refractivity contribution is 5.93. The van der Waals surface area contributed by atoms with Crippen LogP contribution in [0.4, 0.5) is 0 Å². The fourth-order valence-electron chi connectivity index (χ4n) is 2.86. The van der Waals surface area contributed by atoms with Crippen LogP contribution in [0.2, 0.25) is 0 Å². The van der Waals surface area contributed by atoms with Crippen LogP contribution in [0.5, 0.6) is 0 Å². The van der Waals surface area contributed by atoms with Crippen molar-refractivity contribution in [2.75, 3.05) is 13.7 Å². The smallest absolute Gasteiger partial charge is 0.304 e. The maximum Gasteiger partial charge on any atom is 0.304 e. The Balaban J connectivity index is 2.39. The lowest BCUT2D eigenvalue weighted by Crippen LogP contribution is -2.48. The average Bonchev–Trinajstić information content (AvgIpc) is 2.95. The van der Waals surface area contributed by atoms with Gasteiger partial charge in [-0.2, -0.15) is 4.57 Å². The van der Waals surface area contributed by atoms with Gasteiger partial charge in [-0.25, -0.2) is 0 Å². The second-order valence-corrected chi connectivity index (χ2v) is 6.13. The molecule has 1 aliphatic rings. The molecule has 4 atom stereocenters. The van der Waals surface area contributed by atoms with Gasteiger partial charge in [0.15, 0.2) is 18.5 Å². The van der Waals surface area contributed by atoms with E-state index in [-0.39, 0.29) is 12.5 Å². The molecule has 0 bridgehead atoms. The van der Waals surface area contributed by atoms with Crippen molar-refractivity contribution in [1.29, 1.82) is 0 Å². The van der Waals surface area contributed by atoms with Gasteiger partial charge in [-0.1, -0.05) is 0 Å². The molecule has 1 aliphatic heterocycles. The third kappa shape index (κ3) is 5.26. The number of hydrogen-bond donors (Lipinski definition) is 1. The molecule has 0 radical (unpaired) electrons. The van der Waals surface area contributed by atoms with Gasteiger partial charge in [0, 0.05) is 33.9 Å². The predicted molar refractivity (Wildman–Crippen MR) is 91.7 cm³/mol. The van der Waals surface area contributed by atoms with Crippen LogP contribution in [-0.2, 0) is 33.3 Å². The van der Waals surface area contributed by atoms with Crippen molar-refractivity contribution in [2.45, 2.75) is 45.3 Å². The zero-order valence-electron chi connectivity index (χ0n) is 16.0. The minimum atomic E-state index is -1.01. The van der Waals surface area contributed by atoms with Gasteiger partial charge in [-0.15, -0.1) is 0 Å². The molecule has 2 heterocycles. The van der Waals surface area contributed by atoms with E-state index < -0.39 is 42.4 Å². The summed E-state index contributed by atoms with van der Waals surface area (Å²) >= 11 is 0. The summed E-state index contributed by atoms with van der Waals surface area (Å²) in [6.45, 7) is 3.46. The van der Waals surface area contributed by atoms with Crippen molar-refractivity contribution in [3.8, 4) is 0 Å². The Morgan fingerprint density at radius 2 is 1.71 bits per heavy atom. The van der Waals surface area contributed by atoms with E-state index in [4.69, 9.17) is 18.9 Å². The molecule has 1 aromatic heterocycles. The van der Waals surface area contributed by atoms with E-state index >= 15 is 0 Å². The van der Waals surface area contributed by atoms with Crippen molar-refractivity contribution in [2.24, 2.45) is 0 Å². The lowest BCUT2D eigenvalue weighted by atomic mass is 10.1. The number of carbonyl (C=O) groups is 4. The molecule has 1 aromatic rings. The molecule has 0 aliphatic carbocycles. The van der Waals surface area contributed by atoms with E-state index in [0.717, 1.165) is 0 Å².